The third kappa shape index (κ3) is 3.70. The predicted molar refractivity (Wildman–Crippen MR) is 92.6 cm³/mol. The van der Waals surface area contributed by atoms with E-state index in [4.69, 9.17) is 0 Å². The first-order chi connectivity index (χ1) is 12.0. The zero-order valence-electron chi connectivity index (χ0n) is 14.4. The number of benzene rings is 1. The molecule has 1 aromatic heterocycles. The number of anilines is 1. The Morgan fingerprint density at radius 1 is 1.32 bits per heavy atom. The fraction of sp³-hybridized carbons (Fsp3) is 0.500. The number of halogens is 2. The van der Waals surface area contributed by atoms with Gasteiger partial charge in [0.2, 0.25) is 5.91 Å². The molecular formula is C18H22F2N4O. The van der Waals surface area contributed by atoms with Crippen LogP contribution in [0, 0.1) is 0 Å². The van der Waals surface area contributed by atoms with Crippen LogP contribution < -0.4 is 5.32 Å². The molecule has 0 spiro atoms. The molecule has 134 valence electrons. The maximum absolute atomic E-state index is 12.8. The van der Waals surface area contributed by atoms with Crippen LogP contribution in [0.25, 0.3) is 10.9 Å². The molecule has 1 aliphatic rings. The summed E-state index contributed by atoms with van der Waals surface area (Å²) in [6, 6.07) is 4.07. The molecule has 2 atom stereocenters. The Bertz CT molecular complexity index is 768. The van der Waals surface area contributed by atoms with Gasteiger partial charge in [0.1, 0.15) is 18.2 Å². The molecule has 0 aliphatic carbocycles. The standard InChI is InChI=1S/C18H22F2N4O/c1-11-5-3-4-8-24(11)18(25)12(2)23-17-14-7-6-13(16(19)20)9-15(14)21-10-22-17/h6-7,9-12,16H,3-5,8H2,1-2H3,(H,21,22,23)/t11?,12-/m1/s1. The van der Waals surface area contributed by atoms with E-state index in [9.17, 15) is 13.6 Å². The highest BCUT2D eigenvalue weighted by atomic mass is 19.3. The molecule has 25 heavy (non-hydrogen) atoms. The number of carbonyl (C=O) groups excluding carboxylic acids is 1. The Morgan fingerprint density at radius 3 is 2.84 bits per heavy atom. The smallest absolute Gasteiger partial charge is 0.263 e. The number of hydrogen-bond acceptors (Lipinski definition) is 4. The summed E-state index contributed by atoms with van der Waals surface area (Å²) >= 11 is 0. The van der Waals surface area contributed by atoms with Gasteiger partial charge in [-0.15, -0.1) is 0 Å². The van der Waals surface area contributed by atoms with Crippen molar-refractivity contribution in [2.45, 2.75) is 51.6 Å². The predicted octanol–water partition coefficient (Wildman–Crippen LogP) is 3.77. The van der Waals surface area contributed by atoms with Crippen molar-refractivity contribution in [2.75, 3.05) is 11.9 Å². The third-order valence-corrected chi connectivity index (χ3v) is 4.72. The molecule has 1 aromatic carbocycles. The number of piperidine rings is 1. The Labute approximate surface area is 145 Å². The second-order valence-corrected chi connectivity index (χ2v) is 6.54. The summed E-state index contributed by atoms with van der Waals surface area (Å²) in [6.45, 7) is 4.63. The number of amides is 1. The summed E-state index contributed by atoms with van der Waals surface area (Å²) in [5.74, 6) is 0.513. The van der Waals surface area contributed by atoms with Gasteiger partial charge in [0.25, 0.3) is 6.43 Å². The van der Waals surface area contributed by atoms with Crippen molar-refractivity contribution in [2.24, 2.45) is 0 Å². The SMILES string of the molecule is CC1CCCCN1C(=O)[C@@H](C)Nc1ncnc2cc(C(F)F)ccc12. The lowest BCUT2D eigenvalue weighted by Crippen LogP contribution is -2.48. The van der Waals surface area contributed by atoms with Crippen LogP contribution in [-0.4, -0.2) is 39.4 Å². The van der Waals surface area contributed by atoms with Crippen LogP contribution >= 0.6 is 0 Å². The van der Waals surface area contributed by atoms with Crippen LogP contribution in [0.2, 0.25) is 0 Å². The molecule has 0 bridgehead atoms. The lowest BCUT2D eigenvalue weighted by Gasteiger charge is -2.35. The monoisotopic (exact) mass is 348 g/mol. The molecule has 1 fully saturated rings. The lowest BCUT2D eigenvalue weighted by molar-refractivity contribution is -0.134. The first-order valence-corrected chi connectivity index (χ1v) is 8.57. The van der Waals surface area contributed by atoms with Crippen LogP contribution in [0.1, 0.15) is 45.1 Å². The molecule has 0 saturated carbocycles. The summed E-state index contributed by atoms with van der Waals surface area (Å²) in [7, 11) is 0. The second kappa shape index (κ2) is 7.29. The van der Waals surface area contributed by atoms with Gasteiger partial charge in [-0.25, -0.2) is 18.7 Å². The molecule has 0 radical (unpaired) electrons. The molecule has 3 rings (SSSR count). The van der Waals surface area contributed by atoms with Crippen molar-refractivity contribution in [3.05, 3.63) is 30.1 Å². The molecule has 5 nitrogen and oxygen atoms in total. The minimum atomic E-state index is -2.54. The normalized spacial score (nSPS) is 19.2. The fourth-order valence-electron chi connectivity index (χ4n) is 3.27. The summed E-state index contributed by atoms with van der Waals surface area (Å²) < 4.78 is 25.7. The van der Waals surface area contributed by atoms with Crippen molar-refractivity contribution >= 4 is 22.6 Å². The zero-order valence-corrected chi connectivity index (χ0v) is 14.4. The molecule has 7 heteroatoms. The highest BCUT2D eigenvalue weighted by Crippen LogP contribution is 2.26. The first-order valence-electron chi connectivity index (χ1n) is 8.57. The third-order valence-electron chi connectivity index (χ3n) is 4.72. The summed E-state index contributed by atoms with van der Waals surface area (Å²) in [6.07, 6.45) is 1.97. The summed E-state index contributed by atoms with van der Waals surface area (Å²) in [5, 5.41) is 3.74. The van der Waals surface area contributed by atoms with Crippen molar-refractivity contribution in [1.82, 2.24) is 14.9 Å². The van der Waals surface area contributed by atoms with Crippen LogP contribution in [0.3, 0.4) is 0 Å². The Morgan fingerprint density at radius 2 is 2.12 bits per heavy atom. The summed E-state index contributed by atoms with van der Waals surface area (Å²) in [5.41, 5.74) is 0.352. The van der Waals surface area contributed by atoms with E-state index in [0.717, 1.165) is 25.8 Å². The van der Waals surface area contributed by atoms with E-state index < -0.39 is 12.5 Å². The van der Waals surface area contributed by atoms with E-state index in [-0.39, 0.29) is 17.5 Å². The maximum atomic E-state index is 12.8. The molecule has 2 heterocycles. The second-order valence-electron chi connectivity index (χ2n) is 6.54. The van der Waals surface area contributed by atoms with Gasteiger partial charge >= 0.3 is 0 Å². The van der Waals surface area contributed by atoms with Gasteiger partial charge in [0.05, 0.1) is 5.52 Å². The van der Waals surface area contributed by atoms with Gasteiger partial charge in [-0.05, 0) is 45.2 Å². The first kappa shape index (κ1) is 17.5. The average Bonchev–Trinajstić information content (AvgIpc) is 2.61. The molecule has 2 aromatic rings. The van der Waals surface area contributed by atoms with Gasteiger partial charge in [-0.1, -0.05) is 6.07 Å². The van der Waals surface area contributed by atoms with E-state index >= 15 is 0 Å². The van der Waals surface area contributed by atoms with E-state index in [1.807, 2.05) is 4.90 Å². The number of aromatic nitrogens is 2. The molecule has 1 N–H and O–H groups in total. The Balaban J connectivity index is 1.81. The van der Waals surface area contributed by atoms with Gasteiger partial charge in [0, 0.05) is 23.5 Å². The number of fused-ring (bicyclic) bond motifs is 1. The molecule has 1 aliphatic heterocycles. The van der Waals surface area contributed by atoms with E-state index in [1.165, 1.54) is 18.5 Å². The number of hydrogen-bond donors (Lipinski definition) is 1. The van der Waals surface area contributed by atoms with Gasteiger partial charge < -0.3 is 10.2 Å². The molecule has 1 saturated heterocycles. The zero-order chi connectivity index (χ0) is 18.0. The van der Waals surface area contributed by atoms with E-state index in [2.05, 4.69) is 22.2 Å². The van der Waals surface area contributed by atoms with Crippen molar-refractivity contribution < 1.29 is 13.6 Å². The van der Waals surface area contributed by atoms with Crippen molar-refractivity contribution in [1.29, 1.82) is 0 Å². The van der Waals surface area contributed by atoms with Crippen LogP contribution in [0.5, 0.6) is 0 Å². The van der Waals surface area contributed by atoms with Crippen molar-refractivity contribution in [3.8, 4) is 0 Å². The molecular weight excluding hydrogens is 326 g/mol. The Kier molecular flexibility index (Phi) is 5.11. The van der Waals surface area contributed by atoms with Crippen molar-refractivity contribution in [3.63, 3.8) is 0 Å². The van der Waals surface area contributed by atoms with Gasteiger partial charge in [-0.3, -0.25) is 4.79 Å². The van der Waals surface area contributed by atoms with Gasteiger partial charge in [0.15, 0.2) is 0 Å². The number of alkyl halides is 2. The minimum absolute atomic E-state index is 0.0307. The number of nitrogens with one attached hydrogen (secondary N) is 1. The highest BCUT2D eigenvalue weighted by Gasteiger charge is 2.27. The van der Waals surface area contributed by atoms with E-state index in [1.54, 1.807) is 13.0 Å². The Hall–Kier alpha value is -2.31. The fourth-order valence-corrected chi connectivity index (χ4v) is 3.27. The van der Waals surface area contributed by atoms with Crippen LogP contribution in [0.15, 0.2) is 24.5 Å². The maximum Gasteiger partial charge on any atom is 0.263 e. The number of rotatable bonds is 4. The largest absolute Gasteiger partial charge is 0.358 e. The van der Waals surface area contributed by atoms with Crippen LogP contribution in [-0.2, 0) is 4.79 Å². The number of likely N-dealkylation sites (tertiary alicyclic amines) is 1. The minimum Gasteiger partial charge on any atom is -0.358 e. The molecule has 1 unspecified atom stereocenters. The quantitative estimate of drug-likeness (QED) is 0.914. The number of nitrogens with zero attached hydrogens (tertiary/aromatic N) is 3. The topological polar surface area (TPSA) is 58.1 Å². The van der Waals surface area contributed by atoms with Crippen LogP contribution in [0.4, 0.5) is 14.6 Å². The van der Waals surface area contributed by atoms with E-state index in [0.29, 0.717) is 16.7 Å². The van der Waals surface area contributed by atoms with Gasteiger partial charge in [-0.2, -0.15) is 0 Å². The highest BCUT2D eigenvalue weighted by molar-refractivity contribution is 5.92. The lowest BCUT2D eigenvalue weighted by atomic mass is 10.0. The number of carbonyl (C=O) groups is 1. The average molecular weight is 348 g/mol. The molecule has 1 amide bonds. The summed E-state index contributed by atoms with van der Waals surface area (Å²) in [4.78, 5) is 22.9.